The van der Waals surface area contributed by atoms with Gasteiger partial charge in [0.05, 0.1) is 27.7 Å². The molecule has 0 amide bonds. The van der Waals surface area contributed by atoms with Gasteiger partial charge in [-0.2, -0.15) is 0 Å². The first-order valence-electron chi connectivity index (χ1n) is 22.0. The van der Waals surface area contributed by atoms with Gasteiger partial charge in [0.2, 0.25) is 0 Å². The monoisotopic (exact) mass is 808 g/mol. The third-order valence-electron chi connectivity index (χ3n) is 9.01. The van der Waals surface area contributed by atoms with E-state index in [2.05, 4.69) is 74.6 Å². The van der Waals surface area contributed by atoms with E-state index in [1.165, 1.54) is 70.6 Å². The predicted octanol–water partition coefficient (Wildman–Crippen LogP) is 11.8. The van der Waals surface area contributed by atoms with Crippen molar-refractivity contribution in [2.45, 2.75) is 174 Å². The fourth-order valence-corrected chi connectivity index (χ4v) is 6.25. The van der Waals surface area contributed by atoms with E-state index in [-0.39, 0.29) is 26.1 Å². The van der Waals surface area contributed by atoms with Crippen molar-refractivity contribution in [3.05, 3.63) is 60.8 Å². The second kappa shape index (κ2) is 38.2. The van der Waals surface area contributed by atoms with Crippen LogP contribution in [0.2, 0.25) is 0 Å². The van der Waals surface area contributed by atoms with Crippen LogP contribution in [-0.4, -0.2) is 70.0 Å². The van der Waals surface area contributed by atoms with Gasteiger partial charge in [-0.15, -0.1) is 0 Å². The maximum absolute atomic E-state index is 12.7. The summed E-state index contributed by atoms with van der Waals surface area (Å²) in [5.41, 5.74) is 0. The number of hydrogen-bond donors (Lipinski definition) is 0. The smallest absolute Gasteiger partial charge is 0.306 e. The topological polar surface area (TPSA) is 111 Å². The van der Waals surface area contributed by atoms with E-state index in [9.17, 15) is 19.0 Å². The molecule has 0 radical (unpaired) electrons. The molecule has 0 aliphatic heterocycles. The van der Waals surface area contributed by atoms with Crippen molar-refractivity contribution in [2.75, 3.05) is 47.5 Å². The standard InChI is InChI=1S/C46H82NO8P/c1-6-8-10-12-14-16-18-20-22-23-25-26-28-30-32-34-36-38-45(48)52-42-44(43-54-56(50,51)53-41-40-47(3,4)5)55-46(49)39-37-35-33-31-29-27-24-21-19-17-15-13-11-9-7-2/h14,16,20-22,24-26,30,32,44H,6-13,15,17-19,23,27-29,31,33-43H2,1-5H3/b16-14+,22-20+,24-21+,26-25+,32-30+/t44-/m1/s1. The molecule has 0 aliphatic carbocycles. The van der Waals surface area contributed by atoms with E-state index in [1.54, 1.807) is 0 Å². The Hall–Kier alpha value is -2.29. The molecule has 0 bridgehead atoms. The zero-order chi connectivity index (χ0) is 41.4. The number of carbonyl (C=O) groups is 2. The van der Waals surface area contributed by atoms with Crippen molar-refractivity contribution in [3.63, 3.8) is 0 Å². The number of likely N-dealkylation sites (N-methyl/N-ethyl adjacent to an activating group) is 1. The number of esters is 2. The van der Waals surface area contributed by atoms with E-state index >= 15 is 0 Å². The van der Waals surface area contributed by atoms with Crippen LogP contribution < -0.4 is 4.89 Å². The maximum Gasteiger partial charge on any atom is 0.306 e. The molecular formula is C46H82NO8P. The quantitative estimate of drug-likeness (QED) is 0.0198. The van der Waals surface area contributed by atoms with Gasteiger partial charge in [-0.05, 0) is 77.0 Å². The first-order valence-corrected chi connectivity index (χ1v) is 23.5. The van der Waals surface area contributed by atoms with Crippen LogP contribution in [0.15, 0.2) is 60.8 Å². The number of nitrogens with zero attached hydrogens (tertiary/aromatic N) is 1. The molecule has 324 valence electrons. The Labute approximate surface area is 343 Å². The molecule has 0 heterocycles. The minimum Gasteiger partial charge on any atom is -0.756 e. The lowest BCUT2D eigenvalue weighted by atomic mass is 10.1. The molecule has 9 nitrogen and oxygen atoms in total. The highest BCUT2D eigenvalue weighted by molar-refractivity contribution is 7.45. The summed E-state index contributed by atoms with van der Waals surface area (Å²) < 4.78 is 33.8. The van der Waals surface area contributed by atoms with Gasteiger partial charge < -0.3 is 27.9 Å². The number of unbranched alkanes of at least 4 members (excludes halogenated alkanes) is 15. The van der Waals surface area contributed by atoms with Crippen LogP contribution in [0, 0.1) is 0 Å². The third-order valence-corrected chi connectivity index (χ3v) is 9.97. The Morgan fingerprint density at radius 1 is 0.554 bits per heavy atom. The van der Waals surface area contributed by atoms with Crippen molar-refractivity contribution >= 4 is 19.8 Å². The fraction of sp³-hybridized carbons (Fsp3) is 0.739. The molecule has 0 saturated heterocycles. The SMILES string of the molecule is CCCCC/C=C/C/C=C/C/C=C/C/C=C/CCCC(=O)OC[C@H](COP(=O)([O-])OCC[N+](C)(C)C)OC(=O)CCCCCCC/C=C/CCCCCCCC. The third kappa shape index (κ3) is 41.3. The van der Waals surface area contributed by atoms with Crippen LogP contribution in [0.1, 0.15) is 168 Å². The fourth-order valence-electron chi connectivity index (χ4n) is 5.52. The Morgan fingerprint density at radius 2 is 0.982 bits per heavy atom. The lowest BCUT2D eigenvalue weighted by molar-refractivity contribution is -0.870. The number of phosphoric ester groups is 1. The molecule has 0 N–H and O–H groups in total. The van der Waals surface area contributed by atoms with Crippen molar-refractivity contribution in [1.29, 1.82) is 0 Å². The number of phosphoric acid groups is 1. The van der Waals surface area contributed by atoms with Gasteiger partial charge >= 0.3 is 11.9 Å². The minimum absolute atomic E-state index is 0.0430. The summed E-state index contributed by atoms with van der Waals surface area (Å²) >= 11 is 0. The summed E-state index contributed by atoms with van der Waals surface area (Å²) in [4.78, 5) is 37.5. The Balaban J connectivity index is 4.48. The second-order valence-electron chi connectivity index (χ2n) is 15.7. The number of quaternary nitrogens is 1. The van der Waals surface area contributed by atoms with Crippen molar-refractivity contribution in [3.8, 4) is 0 Å². The van der Waals surface area contributed by atoms with Gasteiger partial charge in [0.15, 0.2) is 6.10 Å². The van der Waals surface area contributed by atoms with Crippen LogP contribution in [0.25, 0.3) is 0 Å². The molecule has 0 aliphatic rings. The summed E-state index contributed by atoms with van der Waals surface area (Å²) in [6, 6.07) is 0. The highest BCUT2D eigenvalue weighted by Crippen LogP contribution is 2.38. The lowest BCUT2D eigenvalue weighted by Crippen LogP contribution is -2.37. The van der Waals surface area contributed by atoms with Gasteiger partial charge in [-0.25, -0.2) is 0 Å². The van der Waals surface area contributed by atoms with E-state index < -0.39 is 32.5 Å². The average Bonchev–Trinajstić information content (AvgIpc) is 3.15. The Kier molecular flexibility index (Phi) is 36.7. The van der Waals surface area contributed by atoms with E-state index in [4.69, 9.17) is 18.5 Å². The van der Waals surface area contributed by atoms with Gasteiger partial charge in [0.1, 0.15) is 19.8 Å². The van der Waals surface area contributed by atoms with Crippen molar-refractivity contribution in [1.82, 2.24) is 0 Å². The van der Waals surface area contributed by atoms with Crippen molar-refractivity contribution < 1.29 is 42.1 Å². The zero-order valence-electron chi connectivity index (χ0n) is 36.3. The van der Waals surface area contributed by atoms with Gasteiger partial charge in [0, 0.05) is 12.8 Å². The number of carbonyl (C=O) groups excluding carboxylic acids is 2. The molecule has 2 atom stereocenters. The maximum atomic E-state index is 12.7. The van der Waals surface area contributed by atoms with Crippen molar-refractivity contribution in [2.24, 2.45) is 0 Å². The summed E-state index contributed by atoms with van der Waals surface area (Å²) in [6.45, 7) is 4.11. The van der Waals surface area contributed by atoms with Gasteiger partial charge in [0.25, 0.3) is 7.82 Å². The Bertz CT molecular complexity index is 1140. The average molecular weight is 808 g/mol. The molecule has 1 unspecified atom stereocenters. The Morgan fingerprint density at radius 3 is 1.54 bits per heavy atom. The second-order valence-corrected chi connectivity index (χ2v) is 17.1. The minimum atomic E-state index is -4.64. The van der Waals surface area contributed by atoms with Crippen LogP contribution in [-0.2, 0) is 32.7 Å². The molecule has 0 aromatic rings. The molecule has 0 saturated carbocycles. The molecule has 56 heavy (non-hydrogen) atoms. The predicted molar refractivity (Wildman–Crippen MR) is 231 cm³/mol. The van der Waals surface area contributed by atoms with Crippen LogP contribution in [0.3, 0.4) is 0 Å². The first-order chi connectivity index (χ1) is 27.0. The molecule has 0 spiro atoms. The summed E-state index contributed by atoms with van der Waals surface area (Å²) in [6.07, 6.45) is 45.4. The number of allylic oxidation sites excluding steroid dienone is 10. The summed E-state index contributed by atoms with van der Waals surface area (Å²) in [5, 5.41) is 0. The number of rotatable bonds is 39. The molecule has 0 aromatic heterocycles. The summed E-state index contributed by atoms with van der Waals surface area (Å²) in [5.74, 6) is -0.914. The van der Waals surface area contributed by atoms with Crippen LogP contribution >= 0.6 is 7.82 Å². The normalized spacial score (nSPS) is 14.2. The summed E-state index contributed by atoms with van der Waals surface area (Å²) in [7, 11) is 1.12. The zero-order valence-corrected chi connectivity index (χ0v) is 37.2. The van der Waals surface area contributed by atoms with Gasteiger partial charge in [-0.3, -0.25) is 14.2 Å². The molecule has 0 aromatic carbocycles. The number of ether oxygens (including phenoxy) is 2. The van der Waals surface area contributed by atoms with E-state index in [0.717, 1.165) is 57.8 Å². The van der Waals surface area contributed by atoms with E-state index in [1.807, 2.05) is 21.1 Å². The number of hydrogen-bond acceptors (Lipinski definition) is 8. The largest absolute Gasteiger partial charge is 0.756 e. The van der Waals surface area contributed by atoms with E-state index in [0.29, 0.717) is 23.9 Å². The molecular weight excluding hydrogens is 725 g/mol. The van der Waals surface area contributed by atoms with Gasteiger partial charge in [-0.1, -0.05) is 139 Å². The molecule has 10 heteroatoms. The highest BCUT2D eigenvalue weighted by Gasteiger charge is 2.21. The van der Waals surface area contributed by atoms with Crippen LogP contribution in [0.4, 0.5) is 0 Å². The highest BCUT2D eigenvalue weighted by atomic mass is 31.2. The molecule has 0 rings (SSSR count). The van der Waals surface area contributed by atoms with Crippen LogP contribution in [0.5, 0.6) is 0 Å². The first kappa shape index (κ1) is 53.7. The lowest BCUT2D eigenvalue weighted by Gasteiger charge is -2.28. The molecule has 0 fully saturated rings.